The second-order valence-electron chi connectivity index (χ2n) is 4.56. The number of nitrogen functional groups attached to an aromatic ring is 1. The third-order valence-electron chi connectivity index (χ3n) is 3.10. The number of aromatic nitrogens is 1. The molecule has 0 unspecified atom stereocenters. The summed E-state index contributed by atoms with van der Waals surface area (Å²) in [6.07, 6.45) is 1.50. The van der Waals surface area contributed by atoms with Crippen molar-refractivity contribution in [2.45, 2.75) is 20.8 Å². The first kappa shape index (κ1) is 12.3. The summed E-state index contributed by atoms with van der Waals surface area (Å²) < 4.78 is 0. The Morgan fingerprint density at radius 3 is 2.33 bits per heavy atom. The average molecular weight is 240 g/mol. The van der Waals surface area contributed by atoms with Crippen molar-refractivity contribution < 1.29 is 4.79 Å². The second kappa shape index (κ2) is 4.61. The van der Waals surface area contributed by atoms with E-state index in [4.69, 9.17) is 5.73 Å². The van der Waals surface area contributed by atoms with Gasteiger partial charge >= 0.3 is 0 Å². The molecule has 1 aromatic heterocycles. The minimum atomic E-state index is -0.0596. The fraction of sp³-hybridized carbons (Fsp3) is 0.200. The first-order valence-corrected chi connectivity index (χ1v) is 5.83. The quantitative estimate of drug-likeness (QED) is 0.821. The number of pyridine rings is 1. The van der Waals surface area contributed by atoms with Gasteiger partial charge < -0.3 is 5.73 Å². The fourth-order valence-corrected chi connectivity index (χ4v) is 1.88. The van der Waals surface area contributed by atoms with Gasteiger partial charge in [0.2, 0.25) is 5.78 Å². The molecule has 0 aliphatic rings. The summed E-state index contributed by atoms with van der Waals surface area (Å²) in [5, 5.41) is 0. The van der Waals surface area contributed by atoms with Crippen molar-refractivity contribution in [2.75, 3.05) is 5.73 Å². The number of anilines is 1. The van der Waals surface area contributed by atoms with Gasteiger partial charge in [-0.1, -0.05) is 6.07 Å². The molecule has 0 aliphatic heterocycles. The molecule has 1 heterocycles. The van der Waals surface area contributed by atoms with Gasteiger partial charge in [0.15, 0.2) is 0 Å². The lowest BCUT2D eigenvalue weighted by Crippen LogP contribution is -2.07. The first-order chi connectivity index (χ1) is 8.49. The van der Waals surface area contributed by atoms with Crippen molar-refractivity contribution in [1.82, 2.24) is 4.98 Å². The molecule has 1 aromatic carbocycles. The normalized spacial score (nSPS) is 10.4. The summed E-state index contributed by atoms with van der Waals surface area (Å²) in [4.78, 5) is 16.4. The molecule has 2 aromatic rings. The smallest absolute Gasteiger partial charge is 0.211 e. The maximum absolute atomic E-state index is 12.3. The molecule has 18 heavy (non-hydrogen) atoms. The molecule has 2 rings (SSSR count). The highest BCUT2D eigenvalue weighted by atomic mass is 16.1. The molecule has 0 amide bonds. The van der Waals surface area contributed by atoms with Crippen LogP contribution in [0.15, 0.2) is 30.5 Å². The number of aryl methyl sites for hydroxylation is 3. The van der Waals surface area contributed by atoms with Gasteiger partial charge in [0.25, 0.3) is 0 Å². The van der Waals surface area contributed by atoms with Crippen LogP contribution >= 0.6 is 0 Å². The highest BCUT2D eigenvalue weighted by Crippen LogP contribution is 2.18. The SMILES string of the molecule is Cc1cc(C)c(C(=O)c2ccc(N)cn2)cc1C. The average Bonchev–Trinajstić information content (AvgIpc) is 2.34. The van der Waals surface area contributed by atoms with Crippen LogP contribution in [0.3, 0.4) is 0 Å². The van der Waals surface area contributed by atoms with Crippen molar-refractivity contribution in [3.63, 3.8) is 0 Å². The van der Waals surface area contributed by atoms with Crippen LogP contribution < -0.4 is 5.73 Å². The number of rotatable bonds is 2. The van der Waals surface area contributed by atoms with Crippen LogP contribution in [-0.4, -0.2) is 10.8 Å². The maximum Gasteiger partial charge on any atom is 0.211 e. The molecule has 0 spiro atoms. The monoisotopic (exact) mass is 240 g/mol. The molecular weight excluding hydrogens is 224 g/mol. The topological polar surface area (TPSA) is 56.0 Å². The standard InChI is InChI=1S/C15H16N2O/c1-9-6-11(3)13(7-10(9)2)15(18)14-5-4-12(16)8-17-14/h4-8H,16H2,1-3H3. The molecule has 0 aliphatic carbocycles. The van der Waals surface area contributed by atoms with Crippen molar-refractivity contribution in [3.05, 3.63) is 58.4 Å². The Hall–Kier alpha value is -2.16. The van der Waals surface area contributed by atoms with E-state index in [2.05, 4.69) is 4.98 Å². The molecule has 3 heteroatoms. The van der Waals surface area contributed by atoms with Gasteiger partial charge in [-0.05, 0) is 55.7 Å². The van der Waals surface area contributed by atoms with E-state index in [1.165, 1.54) is 11.8 Å². The molecule has 92 valence electrons. The molecular formula is C15H16N2O. The summed E-state index contributed by atoms with van der Waals surface area (Å²) in [7, 11) is 0. The Labute approximate surface area is 107 Å². The van der Waals surface area contributed by atoms with Gasteiger partial charge in [-0.25, -0.2) is 0 Å². The Kier molecular flexibility index (Phi) is 3.15. The van der Waals surface area contributed by atoms with E-state index >= 15 is 0 Å². The molecule has 3 nitrogen and oxygen atoms in total. The summed E-state index contributed by atoms with van der Waals surface area (Å²) in [5.41, 5.74) is 10.5. The summed E-state index contributed by atoms with van der Waals surface area (Å²) in [6, 6.07) is 7.30. The van der Waals surface area contributed by atoms with E-state index in [9.17, 15) is 4.79 Å². The third kappa shape index (κ3) is 2.25. The van der Waals surface area contributed by atoms with Crippen LogP contribution in [0.4, 0.5) is 5.69 Å². The Morgan fingerprint density at radius 1 is 1.06 bits per heavy atom. The highest BCUT2D eigenvalue weighted by molar-refractivity contribution is 6.08. The zero-order valence-electron chi connectivity index (χ0n) is 10.8. The number of benzene rings is 1. The van der Waals surface area contributed by atoms with Crippen molar-refractivity contribution >= 4 is 11.5 Å². The van der Waals surface area contributed by atoms with Crippen LogP contribution in [0.5, 0.6) is 0 Å². The van der Waals surface area contributed by atoms with E-state index in [1.54, 1.807) is 12.1 Å². The molecule has 0 saturated carbocycles. The molecule has 0 saturated heterocycles. The predicted molar refractivity (Wildman–Crippen MR) is 72.7 cm³/mol. The van der Waals surface area contributed by atoms with Crippen LogP contribution in [-0.2, 0) is 0 Å². The van der Waals surface area contributed by atoms with Crippen LogP contribution in [0.1, 0.15) is 32.7 Å². The van der Waals surface area contributed by atoms with Crippen molar-refractivity contribution in [2.24, 2.45) is 0 Å². The first-order valence-electron chi connectivity index (χ1n) is 5.83. The number of nitrogens with zero attached hydrogens (tertiary/aromatic N) is 1. The zero-order valence-corrected chi connectivity index (χ0v) is 10.8. The van der Waals surface area contributed by atoms with Gasteiger partial charge in [0.1, 0.15) is 5.69 Å². The number of ketones is 1. The van der Waals surface area contributed by atoms with Crippen LogP contribution in [0, 0.1) is 20.8 Å². The number of carbonyl (C=O) groups excluding carboxylic acids is 1. The van der Waals surface area contributed by atoms with Gasteiger partial charge in [0.05, 0.1) is 11.9 Å². The van der Waals surface area contributed by atoms with Gasteiger partial charge in [-0.2, -0.15) is 0 Å². The van der Waals surface area contributed by atoms with E-state index < -0.39 is 0 Å². The third-order valence-corrected chi connectivity index (χ3v) is 3.10. The summed E-state index contributed by atoms with van der Waals surface area (Å²) in [6.45, 7) is 5.98. The number of hydrogen-bond donors (Lipinski definition) is 1. The minimum absolute atomic E-state index is 0.0596. The van der Waals surface area contributed by atoms with E-state index in [0.717, 1.165) is 11.1 Å². The Bertz CT molecular complexity index is 601. The van der Waals surface area contributed by atoms with Crippen LogP contribution in [0.25, 0.3) is 0 Å². The Morgan fingerprint density at radius 2 is 1.72 bits per heavy atom. The minimum Gasteiger partial charge on any atom is -0.397 e. The van der Waals surface area contributed by atoms with Gasteiger partial charge in [-0.15, -0.1) is 0 Å². The highest BCUT2D eigenvalue weighted by Gasteiger charge is 2.14. The largest absolute Gasteiger partial charge is 0.397 e. The van der Waals surface area contributed by atoms with Gasteiger partial charge in [0, 0.05) is 5.56 Å². The van der Waals surface area contributed by atoms with E-state index in [1.807, 2.05) is 32.9 Å². The number of carbonyl (C=O) groups is 1. The van der Waals surface area contributed by atoms with Crippen molar-refractivity contribution in [1.29, 1.82) is 0 Å². The molecule has 0 fully saturated rings. The van der Waals surface area contributed by atoms with E-state index in [0.29, 0.717) is 16.9 Å². The zero-order chi connectivity index (χ0) is 13.3. The van der Waals surface area contributed by atoms with Gasteiger partial charge in [-0.3, -0.25) is 9.78 Å². The lowest BCUT2D eigenvalue weighted by Gasteiger charge is -2.08. The lowest BCUT2D eigenvalue weighted by molar-refractivity contribution is 0.103. The summed E-state index contributed by atoms with van der Waals surface area (Å²) in [5.74, 6) is -0.0596. The predicted octanol–water partition coefficient (Wildman–Crippen LogP) is 2.82. The molecule has 2 N–H and O–H groups in total. The number of nitrogens with two attached hydrogens (primary N) is 1. The van der Waals surface area contributed by atoms with Crippen LogP contribution in [0.2, 0.25) is 0 Å². The second-order valence-corrected chi connectivity index (χ2v) is 4.56. The maximum atomic E-state index is 12.3. The van der Waals surface area contributed by atoms with Crippen molar-refractivity contribution in [3.8, 4) is 0 Å². The molecule has 0 atom stereocenters. The fourth-order valence-electron chi connectivity index (χ4n) is 1.88. The Balaban J connectivity index is 2.46. The summed E-state index contributed by atoms with van der Waals surface area (Å²) >= 11 is 0. The lowest BCUT2D eigenvalue weighted by atomic mass is 9.96. The number of hydrogen-bond acceptors (Lipinski definition) is 3. The molecule has 0 bridgehead atoms. The molecule has 0 radical (unpaired) electrons. The van der Waals surface area contributed by atoms with E-state index in [-0.39, 0.29) is 5.78 Å².